The lowest BCUT2D eigenvalue weighted by molar-refractivity contribution is -0.118. The van der Waals surface area contributed by atoms with E-state index in [1.54, 1.807) is 0 Å². The molecule has 0 radical (unpaired) electrons. The Morgan fingerprint density at radius 2 is 2.11 bits per heavy atom. The minimum atomic E-state index is 0.00162. The van der Waals surface area contributed by atoms with Gasteiger partial charge >= 0.3 is 0 Å². The topological polar surface area (TPSA) is 45.2 Å². The summed E-state index contributed by atoms with van der Waals surface area (Å²) in [5, 5.41) is 3.01. The van der Waals surface area contributed by atoms with Crippen molar-refractivity contribution in [2.24, 2.45) is 5.92 Å². The average molecular weight is 257 g/mol. The second-order valence-electron chi connectivity index (χ2n) is 5.98. The Morgan fingerprint density at radius 3 is 3.05 bits per heavy atom. The fraction of sp³-hybridized carbons (Fsp3) is 0.600. The fourth-order valence-corrected chi connectivity index (χ4v) is 4.11. The zero-order valence-corrected chi connectivity index (χ0v) is 11.0. The summed E-state index contributed by atoms with van der Waals surface area (Å²) in [6.07, 6.45) is 9.17. The average Bonchev–Trinajstić information content (AvgIpc) is 2.47. The highest BCUT2D eigenvalue weighted by atomic mass is 16.2. The van der Waals surface area contributed by atoms with E-state index in [0.29, 0.717) is 6.04 Å². The van der Waals surface area contributed by atoms with Gasteiger partial charge in [0.2, 0.25) is 5.91 Å². The van der Waals surface area contributed by atoms with Gasteiger partial charge in [-0.3, -0.25) is 4.79 Å². The van der Waals surface area contributed by atoms with Crippen molar-refractivity contribution in [2.75, 3.05) is 10.2 Å². The Labute approximate surface area is 113 Å². The van der Waals surface area contributed by atoms with Crippen molar-refractivity contribution in [3.8, 4) is 0 Å². The molecule has 3 aliphatic rings. The number of nitrogens with zero attached hydrogens (tertiary/aromatic N) is 2. The van der Waals surface area contributed by atoms with Crippen molar-refractivity contribution in [3.05, 3.63) is 18.3 Å². The molecule has 19 heavy (non-hydrogen) atoms. The highest BCUT2D eigenvalue weighted by Gasteiger charge is 2.44. The number of amides is 1. The molecule has 2 fully saturated rings. The second-order valence-corrected chi connectivity index (χ2v) is 5.98. The predicted molar refractivity (Wildman–Crippen MR) is 74.1 cm³/mol. The van der Waals surface area contributed by atoms with E-state index >= 15 is 0 Å². The van der Waals surface area contributed by atoms with Crippen molar-refractivity contribution in [1.82, 2.24) is 4.98 Å². The van der Waals surface area contributed by atoms with Gasteiger partial charge in [-0.2, -0.15) is 0 Å². The van der Waals surface area contributed by atoms with Gasteiger partial charge in [0.15, 0.2) is 5.82 Å². The zero-order chi connectivity index (χ0) is 12.8. The molecule has 1 aromatic heterocycles. The molecule has 1 saturated carbocycles. The predicted octanol–water partition coefficient (Wildman–Crippen LogP) is 2.56. The first-order chi connectivity index (χ1) is 9.34. The summed E-state index contributed by atoms with van der Waals surface area (Å²) < 4.78 is 0. The summed E-state index contributed by atoms with van der Waals surface area (Å²) in [7, 11) is 0. The molecular formula is C15H19N3O. The molecule has 1 N–H and O–H groups in total. The van der Waals surface area contributed by atoms with Crippen molar-refractivity contribution < 1.29 is 4.79 Å². The van der Waals surface area contributed by atoms with E-state index in [9.17, 15) is 4.79 Å². The first kappa shape index (κ1) is 11.3. The van der Waals surface area contributed by atoms with Crippen LogP contribution in [0.4, 0.5) is 11.5 Å². The number of hydrogen-bond donors (Lipinski definition) is 1. The fourth-order valence-electron chi connectivity index (χ4n) is 4.11. The van der Waals surface area contributed by atoms with Crippen LogP contribution >= 0.6 is 0 Å². The van der Waals surface area contributed by atoms with Gasteiger partial charge < -0.3 is 10.2 Å². The highest BCUT2D eigenvalue weighted by Crippen LogP contribution is 2.43. The molecule has 0 aromatic carbocycles. The van der Waals surface area contributed by atoms with Gasteiger partial charge in [0.1, 0.15) is 6.04 Å². The molecule has 1 amide bonds. The van der Waals surface area contributed by atoms with Gasteiger partial charge in [-0.15, -0.1) is 0 Å². The summed E-state index contributed by atoms with van der Waals surface area (Å²) in [4.78, 5) is 19.2. The van der Waals surface area contributed by atoms with Crippen molar-refractivity contribution in [3.63, 3.8) is 0 Å². The number of fused-ring (bicyclic) bond motifs is 5. The molecule has 0 spiro atoms. The van der Waals surface area contributed by atoms with Gasteiger partial charge in [0.05, 0.1) is 5.69 Å². The molecule has 4 heteroatoms. The third-order valence-corrected chi connectivity index (χ3v) is 4.96. The summed E-state index contributed by atoms with van der Waals surface area (Å²) in [5.41, 5.74) is 0.884. The van der Waals surface area contributed by atoms with E-state index in [4.69, 9.17) is 0 Å². The van der Waals surface area contributed by atoms with Crippen LogP contribution in [0.5, 0.6) is 0 Å². The van der Waals surface area contributed by atoms with E-state index in [1.165, 1.54) is 32.1 Å². The van der Waals surface area contributed by atoms with E-state index in [0.717, 1.165) is 23.8 Å². The molecule has 4 rings (SSSR count). The molecule has 3 heterocycles. The molecule has 1 aromatic rings. The van der Waals surface area contributed by atoms with Crippen LogP contribution in [-0.2, 0) is 4.79 Å². The van der Waals surface area contributed by atoms with Gasteiger partial charge in [-0.05, 0) is 43.7 Å². The van der Waals surface area contributed by atoms with E-state index in [1.807, 2.05) is 18.3 Å². The Bertz CT molecular complexity index is 516. The number of aromatic nitrogens is 1. The summed E-state index contributed by atoms with van der Waals surface area (Å²) in [6.45, 7) is 0. The Kier molecular flexibility index (Phi) is 2.50. The lowest BCUT2D eigenvalue weighted by Crippen LogP contribution is -2.59. The number of nitrogens with one attached hydrogen (secondary N) is 1. The largest absolute Gasteiger partial charge is 0.340 e. The number of piperidine rings is 1. The van der Waals surface area contributed by atoms with Crippen LogP contribution in [0.3, 0.4) is 0 Å². The molecule has 3 unspecified atom stereocenters. The first-order valence-electron chi connectivity index (χ1n) is 7.39. The van der Waals surface area contributed by atoms with E-state index < -0.39 is 0 Å². The second kappa shape index (κ2) is 4.22. The van der Waals surface area contributed by atoms with Gasteiger partial charge in [0.25, 0.3) is 0 Å². The van der Waals surface area contributed by atoms with Gasteiger partial charge in [-0.25, -0.2) is 4.98 Å². The molecule has 1 aliphatic carbocycles. The van der Waals surface area contributed by atoms with Crippen molar-refractivity contribution in [2.45, 2.75) is 50.6 Å². The molecule has 2 aliphatic heterocycles. The molecule has 4 nitrogen and oxygen atoms in total. The first-order valence-corrected chi connectivity index (χ1v) is 7.39. The number of carbonyl (C=O) groups is 1. The number of carbonyl (C=O) groups excluding carboxylic acids is 1. The highest BCUT2D eigenvalue weighted by molar-refractivity contribution is 6.03. The van der Waals surface area contributed by atoms with E-state index in [-0.39, 0.29) is 11.9 Å². The van der Waals surface area contributed by atoms with Gasteiger partial charge in [-0.1, -0.05) is 12.8 Å². The maximum absolute atomic E-state index is 12.3. The van der Waals surface area contributed by atoms with Crippen LogP contribution in [0.25, 0.3) is 0 Å². The van der Waals surface area contributed by atoms with Crippen LogP contribution in [0.1, 0.15) is 38.5 Å². The number of anilines is 2. The minimum absolute atomic E-state index is 0.00162. The number of rotatable bonds is 0. The zero-order valence-electron chi connectivity index (χ0n) is 11.0. The number of hydrogen-bond acceptors (Lipinski definition) is 3. The molecule has 1 saturated heterocycles. The molecule has 0 bridgehead atoms. The Balaban J connectivity index is 1.79. The third kappa shape index (κ3) is 1.66. The molecule has 100 valence electrons. The maximum Gasteiger partial charge on any atom is 0.247 e. The van der Waals surface area contributed by atoms with Crippen molar-refractivity contribution in [1.29, 1.82) is 0 Å². The van der Waals surface area contributed by atoms with Crippen LogP contribution < -0.4 is 10.2 Å². The molecular weight excluding hydrogens is 238 g/mol. The van der Waals surface area contributed by atoms with Crippen LogP contribution in [0.2, 0.25) is 0 Å². The quantitative estimate of drug-likeness (QED) is 0.777. The van der Waals surface area contributed by atoms with Crippen LogP contribution in [0.15, 0.2) is 18.3 Å². The standard InChI is InChI=1S/C15H19N3O/c19-15-13-8-7-10-4-1-2-6-12(10)18(13)14-11(17-15)5-3-9-16-14/h3,5,9-10,12-13H,1-2,4,6-8H2,(H,17,19). The minimum Gasteiger partial charge on any atom is -0.340 e. The van der Waals surface area contributed by atoms with Crippen molar-refractivity contribution >= 4 is 17.4 Å². The SMILES string of the molecule is O=C1Nc2cccnc2N2C1CCC1CCCCC12. The van der Waals surface area contributed by atoms with E-state index in [2.05, 4.69) is 15.2 Å². The van der Waals surface area contributed by atoms with Gasteiger partial charge in [0, 0.05) is 12.2 Å². The number of pyridine rings is 1. The smallest absolute Gasteiger partial charge is 0.247 e. The molecule has 3 atom stereocenters. The van der Waals surface area contributed by atoms with Crippen LogP contribution in [0, 0.1) is 5.92 Å². The Hall–Kier alpha value is -1.58. The van der Waals surface area contributed by atoms with Crippen LogP contribution in [-0.4, -0.2) is 23.0 Å². The lowest BCUT2D eigenvalue weighted by Gasteiger charge is -2.50. The maximum atomic E-state index is 12.3. The third-order valence-electron chi connectivity index (χ3n) is 4.96. The Morgan fingerprint density at radius 1 is 1.21 bits per heavy atom. The summed E-state index contributed by atoms with van der Waals surface area (Å²) >= 11 is 0. The monoisotopic (exact) mass is 257 g/mol. The lowest BCUT2D eigenvalue weighted by atomic mass is 9.75. The summed E-state index contributed by atoms with van der Waals surface area (Å²) in [6, 6.07) is 4.37. The summed E-state index contributed by atoms with van der Waals surface area (Å²) in [5.74, 6) is 1.90. The normalized spacial score (nSPS) is 32.9.